The van der Waals surface area contributed by atoms with E-state index < -0.39 is 72.7 Å². The number of aliphatic hydroxyl groups excluding tert-OH is 4. The van der Waals surface area contributed by atoms with Crippen LogP contribution >= 0.6 is 0 Å². The Hall–Kier alpha value is -2.68. The average Bonchev–Trinajstić information content (AvgIpc) is 3.28. The molecule has 9 unspecified atom stereocenters. The number of hydrogen-bond acceptors (Lipinski definition) is 16. The molecule has 0 saturated carbocycles. The van der Waals surface area contributed by atoms with Crippen molar-refractivity contribution in [3.63, 3.8) is 0 Å². The molecule has 4 aliphatic rings. The summed E-state index contributed by atoms with van der Waals surface area (Å²) in [4.78, 5) is 33.4. The second-order valence-electron chi connectivity index (χ2n) is 18.9. The van der Waals surface area contributed by atoms with Gasteiger partial charge < -0.3 is 69.1 Å². The zero-order valence-electron chi connectivity index (χ0n) is 41.3. The number of carbonyl (C=O) groups excluding carboxylic acids is 2. The van der Waals surface area contributed by atoms with Gasteiger partial charge in [-0.2, -0.15) is 0 Å². The van der Waals surface area contributed by atoms with E-state index in [9.17, 15) is 30.0 Å². The van der Waals surface area contributed by atoms with Gasteiger partial charge in [-0.05, 0) is 99.4 Å². The minimum absolute atomic E-state index is 0.0359. The summed E-state index contributed by atoms with van der Waals surface area (Å²) in [5, 5.41) is 52.6. The number of para-hydroxylation sites is 2. The number of rotatable bonds is 11. The van der Waals surface area contributed by atoms with Crippen LogP contribution < -0.4 is 15.0 Å². The summed E-state index contributed by atoms with van der Waals surface area (Å²) in [5.74, 6) is -1.85. The SMILES string of the molecule is CC1CCOC(C)[C@@H]1O.CCOc1ccccc1N1CCN(CCCOC2C[C@@H](C)NC(=O)C(C)C(O)[C@](C)(O)COC(=O)C(C)[C@@H](O)C[C@H]2OC2CC(N(C)C)CC(C)O2)CC1.CO. The molecule has 4 fully saturated rings. The molecule has 6 N–H and O–H groups in total. The maximum atomic E-state index is 13.3. The number of esters is 1. The smallest absolute Gasteiger partial charge is 0.311 e. The van der Waals surface area contributed by atoms with Gasteiger partial charge in [0, 0.05) is 78.0 Å². The monoisotopic (exact) mass is 927 g/mol. The number of piperazine rings is 1. The molecule has 14 atom stereocenters. The summed E-state index contributed by atoms with van der Waals surface area (Å²) in [6.07, 6.45) is -1.22. The average molecular weight is 927 g/mol. The summed E-state index contributed by atoms with van der Waals surface area (Å²) in [6, 6.07) is 7.97. The first-order valence-electron chi connectivity index (χ1n) is 23.9. The Morgan fingerprint density at radius 1 is 0.908 bits per heavy atom. The van der Waals surface area contributed by atoms with E-state index in [4.69, 9.17) is 33.5 Å². The molecule has 1 amide bonds. The number of carbonyl (C=O) groups is 2. The molecule has 1 aromatic rings. The number of nitrogens with zero attached hydrogens (tertiary/aromatic N) is 3. The molecule has 376 valence electrons. The first kappa shape index (κ1) is 56.6. The van der Waals surface area contributed by atoms with E-state index in [1.807, 2.05) is 60.0 Å². The van der Waals surface area contributed by atoms with E-state index in [1.54, 1.807) is 6.92 Å². The lowest BCUT2D eigenvalue weighted by atomic mass is 9.89. The third-order valence-corrected chi connectivity index (χ3v) is 13.2. The fraction of sp³-hybridized carbons (Fsp3) is 0.833. The van der Waals surface area contributed by atoms with Crippen LogP contribution in [0.4, 0.5) is 5.69 Å². The largest absolute Gasteiger partial charge is 0.492 e. The zero-order valence-corrected chi connectivity index (χ0v) is 41.3. The van der Waals surface area contributed by atoms with Gasteiger partial charge in [-0.3, -0.25) is 14.5 Å². The maximum absolute atomic E-state index is 13.3. The first-order valence-corrected chi connectivity index (χ1v) is 23.9. The van der Waals surface area contributed by atoms with Gasteiger partial charge in [-0.25, -0.2) is 0 Å². The Kier molecular flexibility index (Phi) is 24.4. The summed E-state index contributed by atoms with van der Waals surface area (Å²) in [7, 11) is 5.07. The van der Waals surface area contributed by atoms with Crippen LogP contribution in [0, 0.1) is 17.8 Å². The van der Waals surface area contributed by atoms with Crippen molar-refractivity contribution in [2.45, 2.75) is 161 Å². The highest BCUT2D eigenvalue weighted by Crippen LogP contribution is 2.31. The van der Waals surface area contributed by atoms with Gasteiger partial charge in [-0.15, -0.1) is 0 Å². The van der Waals surface area contributed by atoms with Gasteiger partial charge in [0.1, 0.15) is 18.0 Å². The van der Waals surface area contributed by atoms with Crippen molar-refractivity contribution in [1.29, 1.82) is 0 Å². The minimum atomic E-state index is -1.89. The van der Waals surface area contributed by atoms with Crippen molar-refractivity contribution in [3.05, 3.63) is 24.3 Å². The Morgan fingerprint density at radius 2 is 1.58 bits per heavy atom. The molecule has 4 heterocycles. The fourth-order valence-electron chi connectivity index (χ4n) is 8.80. The van der Waals surface area contributed by atoms with Crippen molar-refractivity contribution in [2.75, 3.05) is 85.3 Å². The lowest BCUT2D eigenvalue weighted by molar-refractivity contribution is -0.245. The molecule has 0 radical (unpaired) electrons. The number of anilines is 1. The molecule has 0 aliphatic carbocycles. The van der Waals surface area contributed by atoms with Crippen molar-refractivity contribution in [2.24, 2.45) is 17.8 Å². The quantitative estimate of drug-likeness (QED) is 0.139. The van der Waals surface area contributed by atoms with Crippen molar-refractivity contribution in [3.8, 4) is 5.75 Å². The van der Waals surface area contributed by atoms with Crippen LogP contribution in [-0.2, 0) is 33.3 Å². The van der Waals surface area contributed by atoms with Crippen LogP contribution in [0.1, 0.15) is 93.9 Å². The highest BCUT2D eigenvalue weighted by molar-refractivity contribution is 5.79. The second kappa shape index (κ2) is 28.0. The van der Waals surface area contributed by atoms with Gasteiger partial charge in [0.25, 0.3) is 0 Å². The second-order valence-corrected chi connectivity index (χ2v) is 18.9. The number of benzene rings is 1. The summed E-state index contributed by atoms with van der Waals surface area (Å²) in [6.45, 7) is 19.9. The van der Waals surface area contributed by atoms with E-state index in [1.165, 1.54) is 13.8 Å². The topological polar surface area (TPSA) is 212 Å². The van der Waals surface area contributed by atoms with Gasteiger partial charge >= 0.3 is 5.97 Å². The van der Waals surface area contributed by atoms with Crippen LogP contribution in [-0.4, -0.2) is 194 Å². The van der Waals surface area contributed by atoms with Gasteiger partial charge in [0.15, 0.2) is 6.29 Å². The molecule has 0 aromatic heterocycles. The highest BCUT2D eigenvalue weighted by Gasteiger charge is 2.42. The number of ether oxygens (including phenoxy) is 6. The van der Waals surface area contributed by atoms with Crippen LogP contribution in [0.2, 0.25) is 0 Å². The van der Waals surface area contributed by atoms with Gasteiger partial charge in [0.2, 0.25) is 5.91 Å². The highest BCUT2D eigenvalue weighted by atomic mass is 16.7. The van der Waals surface area contributed by atoms with E-state index in [0.29, 0.717) is 32.0 Å². The minimum Gasteiger partial charge on any atom is -0.492 e. The fourth-order valence-corrected chi connectivity index (χ4v) is 8.80. The Morgan fingerprint density at radius 3 is 2.22 bits per heavy atom. The van der Waals surface area contributed by atoms with Crippen molar-refractivity contribution < 1.29 is 63.5 Å². The molecule has 65 heavy (non-hydrogen) atoms. The molecule has 0 spiro atoms. The molecule has 4 aliphatic heterocycles. The summed E-state index contributed by atoms with van der Waals surface area (Å²) in [5.41, 5.74) is -0.775. The third kappa shape index (κ3) is 17.7. The predicted octanol–water partition coefficient (Wildman–Crippen LogP) is 2.81. The van der Waals surface area contributed by atoms with Crippen LogP contribution in [0.15, 0.2) is 24.3 Å². The van der Waals surface area contributed by atoms with E-state index in [2.05, 4.69) is 33.0 Å². The van der Waals surface area contributed by atoms with E-state index in [-0.39, 0.29) is 30.8 Å². The maximum Gasteiger partial charge on any atom is 0.311 e. The zero-order chi connectivity index (χ0) is 48.4. The van der Waals surface area contributed by atoms with Crippen molar-refractivity contribution in [1.82, 2.24) is 15.1 Å². The molecular weight excluding hydrogens is 841 g/mol. The Labute approximate surface area is 389 Å². The Bertz CT molecular complexity index is 1510. The number of cyclic esters (lactones) is 1. The Balaban J connectivity index is 0.000000898. The third-order valence-electron chi connectivity index (χ3n) is 13.2. The normalized spacial score (nSPS) is 35.8. The molecule has 0 bridgehead atoms. The predicted molar refractivity (Wildman–Crippen MR) is 249 cm³/mol. The molecule has 1 aromatic carbocycles. The van der Waals surface area contributed by atoms with Crippen molar-refractivity contribution >= 4 is 17.6 Å². The lowest BCUT2D eigenvalue weighted by Gasteiger charge is -2.40. The first-order chi connectivity index (χ1) is 30.8. The van der Waals surface area contributed by atoms with Crippen LogP contribution in [0.25, 0.3) is 0 Å². The van der Waals surface area contributed by atoms with E-state index >= 15 is 0 Å². The summed E-state index contributed by atoms with van der Waals surface area (Å²) >= 11 is 0. The molecular formula is C48H86N4O13. The van der Waals surface area contributed by atoms with Gasteiger partial charge in [0.05, 0.1) is 66.9 Å². The number of hydrogen-bond donors (Lipinski definition) is 6. The summed E-state index contributed by atoms with van der Waals surface area (Å²) < 4.78 is 36.1. The molecule has 17 heteroatoms. The number of aliphatic hydroxyl groups is 5. The number of nitrogens with one attached hydrogen (secondary N) is 1. The van der Waals surface area contributed by atoms with Crippen LogP contribution in [0.3, 0.4) is 0 Å². The molecule has 4 saturated heterocycles. The van der Waals surface area contributed by atoms with Crippen LogP contribution in [0.5, 0.6) is 5.75 Å². The number of amides is 1. The molecule has 17 nitrogen and oxygen atoms in total. The lowest BCUT2D eigenvalue weighted by Crippen LogP contribution is -2.52. The van der Waals surface area contributed by atoms with E-state index in [0.717, 1.165) is 77.1 Å². The molecule has 5 rings (SSSR count). The van der Waals surface area contributed by atoms with Gasteiger partial charge in [-0.1, -0.05) is 26.0 Å². The standard InChI is InChI=1S/C40H68N4O10.C7H14O2.CH4O/c1-9-50-33-14-11-10-13-31(33)44-18-16-43(17-19-44)15-12-20-51-34-21-26(2)41-38(47)29(5)37(46)40(6,49)25-52-39(48)28(4)32(45)24-35(34)54-36-23-30(42(7)8)22-27(3)53-36;1-5-3-4-9-6(2)7(5)8;1-2/h10-11,13-14,26-30,32,34-37,45-46,49H,9,12,15-25H2,1-8H3,(H,41,47);5-8H,3-4H2,1-2H3;2H,1H3/t26-,27?,28?,29?,30?,32+,34?,35-,36?,37?,40-;5?,6?,7-;/m11./s1.